The van der Waals surface area contributed by atoms with Crippen molar-refractivity contribution < 1.29 is 0 Å². The van der Waals surface area contributed by atoms with Gasteiger partial charge in [0.2, 0.25) is 0 Å². The number of hydrogen-bond donors (Lipinski definition) is 0. The zero-order valence-corrected chi connectivity index (χ0v) is 9.09. The fourth-order valence-corrected chi connectivity index (χ4v) is 4.74. The molecular formula is C10H16Cl2. The molecule has 2 rings (SSSR count). The van der Waals surface area contributed by atoms with E-state index in [9.17, 15) is 0 Å². The van der Waals surface area contributed by atoms with E-state index in [0.717, 1.165) is 17.7 Å². The summed E-state index contributed by atoms with van der Waals surface area (Å²) in [6.07, 6.45) is 5.40. The van der Waals surface area contributed by atoms with Crippen LogP contribution in [0.3, 0.4) is 0 Å². The summed E-state index contributed by atoms with van der Waals surface area (Å²) in [5.74, 6) is 2.34. The summed E-state index contributed by atoms with van der Waals surface area (Å²) in [5.41, 5.74) is 0.733. The van der Waals surface area contributed by atoms with Crippen LogP contribution in [0.5, 0.6) is 0 Å². The van der Waals surface area contributed by atoms with Crippen molar-refractivity contribution in [2.75, 3.05) is 11.8 Å². The first-order valence-electron chi connectivity index (χ1n) is 4.80. The summed E-state index contributed by atoms with van der Waals surface area (Å²) < 4.78 is 0. The van der Waals surface area contributed by atoms with Gasteiger partial charge in [0, 0.05) is 17.2 Å². The van der Waals surface area contributed by atoms with E-state index < -0.39 is 0 Å². The molecule has 0 aromatic carbocycles. The van der Waals surface area contributed by atoms with Gasteiger partial charge in [-0.05, 0) is 37.0 Å². The van der Waals surface area contributed by atoms with Gasteiger partial charge < -0.3 is 0 Å². The van der Waals surface area contributed by atoms with Crippen LogP contribution in [0, 0.1) is 16.7 Å². The fourth-order valence-electron chi connectivity index (χ4n) is 3.37. The highest BCUT2D eigenvalue weighted by Crippen LogP contribution is 2.66. The van der Waals surface area contributed by atoms with Gasteiger partial charge in [0.05, 0.1) is 0 Å². The van der Waals surface area contributed by atoms with Gasteiger partial charge in [-0.3, -0.25) is 0 Å². The second kappa shape index (κ2) is 2.78. The Morgan fingerprint density at radius 2 is 1.67 bits per heavy atom. The minimum Gasteiger partial charge on any atom is -0.126 e. The predicted octanol–water partition coefficient (Wildman–Crippen LogP) is 3.66. The van der Waals surface area contributed by atoms with Crippen LogP contribution in [0.15, 0.2) is 0 Å². The molecule has 2 aliphatic carbocycles. The Balaban J connectivity index is 2.34. The molecule has 0 amide bonds. The third-order valence-corrected chi connectivity index (χ3v) is 5.50. The fraction of sp³-hybridized carbons (Fsp3) is 1.00. The summed E-state index contributed by atoms with van der Waals surface area (Å²) in [4.78, 5) is 0. The van der Waals surface area contributed by atoms with Gasteiger partial charge in [-0.25, -0.2) is 0 Å². The Kier molecular flexibility index (Phi) is 2.12. The third-order valence-electron chi connectivity index (χ3n) is 4.55. The first-order chi connectivity index (χ1) is 5.68. The molecule has 0 unspecified atom stereocenters. The lowest BCUT2D eigenvalue weighted by atomic mass is 9.70. The molecule has 0 N–H and O–H groups in total. The van der Waals surface area contributed by atoms with Crippen molar-refractivity contribution in [3.8, 4) is 0 Å². The Morgan fingerprint density at radius 3 is 1.83 bits per heavy atom. The van der Waals surface area contributed by atoms with Crippen LogP contribution < -0.4 is 0 Å². The average molecular weight is 207 g/mol. The molecule has 2 heteroatoms. The molecule has 0 nitrogen and oxygen atoms in total. The number of alkyl halides is 2. The van der Waals surface area contributed by atoms with E-state index in [4.69, 9.17) is 23.2 Å². The molecule has 2 fully saturated rings. The molecule has 0 aromatic rings. The molecule has 70 valence electrons. The first kappa shape index (κ1) is 9.15. The minimum atomic E-state index is 0.274. The van der Waals surface area contributed by atoms with Gasteiger partial charge >= 0.3 is 0 Å². The zero-order valence-electron chi connectivity index (χ0n) is 7.58. The Bertz CT molecular complexity index is 176. The lowest BCUT2D eigenvalue weighted by Crippen LogP contribution is -2.37. The van der Waals surface area contributed by atoms with E-state index in [1.54, 1.807) is 0 Å². The highest BCUT2D eigenvalue weighted by Gasteiger charge is 2.60. The molecular weight excluding hydrogens is 191 g/mol. The van der Waals surface area contributed by atoms with Crippen molar-refractivity contribution in [1.82, 2.24) is 0 Å². The summed E-state index contributed by atoms with van der Waals surface area (Å²) >= 11 is 12.2. The molecule has 2 aliphatic rings. The summed E-state index contributed by atoms with van der Waals surface area (Å²) in [6.45, 7) is 2.38. The number of rotatable bonds is 2. The zero-order chi connectivity index (χ0) is 8.82. The van der Waals surface area contributed by atoms with Crippen molar-refractivity contribution in [2.24, 2.45) is 16.7 Å². The molecule has 0 radical (unpaired) electrons. The number of fused-ring (bicyclic) bond motifs is 2. The maximum Gasteiger partial charge on any atom is 0.0299 e. The van der Waals surface area contributed by atoms with E-state index in [2.05, 4.69) is 6.92 Å². The molecule has 0 spiro atoms. The van der Waals surface area contributed by atoms with Crippen LogP contribution in [0.25, 0.3) is 0 Å². The van der Waals surface area contributed by atoms with Crippen LogP contribution in [-0.2, 0) is 0 Å². The first-order valence-corrected chi connectivity index (χ1v) is 5.87. The maximum atomic E-state index is 6.10. The SMILES string of the molecule is CC12CCC(CC1)C2(CCl)CCl. The Hall–Kier alpha value is 0.580. The molecule has 12 heavy (non-hydrogen) atoms. The quantitative estimate of drug-likeness (QED) is 0.606. The molecule has 2 bridgehead atoms. The van der Waals surface area contributed by atoms with Crippen molar-refractivity contribution in [1.29, 1.82) is 0 Å². The number of hydrogen-bond acceptors (Lipinski definition) is 0. The predicted molar refractivity (Wildman–Crippen MR) is 53.9 cm³/mol. The molecule has 2 saturated carbocycles. The van der Waals surface area contributed by atoms with Crippen LogP contribution in [0.2, 0.25) is 0 Å². The lowest BCUT2D eigenvalue weighted by molar-refractivity contribution is 0.161. The van der Waals surface area contributed by atoms with E-state index in [1.807, 2.05) is 0 Å². The minimum absolute atomic E-state index is 0.274. The molecule has 0 heterocycles. The van der Waals surface area contributed by atoms with Crippen molar-refractivity contribution >= 4 is 23.2 Å². The molecule has 0 aliphatic heterocycles. The van der Waals surface area contributed by atoms with Gasteiger partial charge in [-0.15, -0.1) is 23.2 Å². The monoisotopic (exact) mass is 206 g/mol. The van der Waals surface area contributed by atoms with Crippen molar-refractivity contribution in [2.45, 2.75) is 32.6 Å². The smallest absolute Gasteiger partial charge is 0.0299 e. The molecule has 0 saturated heterocycles. The highest BCUT2D eigenvalue weighted by atomic mass is 35.5. The van der Waals surface area contributed by atoms with Gasteiger partial charge in [-0.2, -0.15) is 0 Å². The van der Waals surface area contributed by atoms with E-state index in [0.29, 0.717) is 5.41 Å². The van der Waals surface area contributed by atoms with E-state index in [1.165, 1.54) is 25.7 Å². The molecule has 0 aromatic heterocycles. The summed E-state index contributed by atoms with van der Waals surface area (Å²) in [7, 11) is 0. The standard InChI is InChI=1S/C10H16Cl2/c1-9-4-2-8(3-5-9)10(9,6-11)7-12/h8H,2-7H2,1H3. The Morgan fingerprint density at radius 1 is 1.17 bits per heavy atom. The average Bonchev–Trinajstić information content (AvgIpc) is 2.52. The van der Waals surface area contributed by atoms with Crippen LogP contribution in [0.1, 0.15) is 32.6 Å². The topological polar surface area (TPSA) is 0 Å². The normalized spacial score (nSPS) is 43.8. The van der Waals surface area contributed by atoms with Crippen molar-refractivity contribution in [3.05, 3.63) is 0 Å². The molecule has 0 atom stereocenters. The van der Waals surface area contributed by atoms with Crippen LogP contribution in [-0.4, -0.2) is 11.8 Å². The van der Waals surface area contributed by atoms with Gasteiger partial charge in [0.25, 0.3) is 0 Å². The van der Waals surface area contributed by atoms with Crippen LogP contribution in [0.4, 0.5) is 0 Å². The van der Waals surface area contributed by atoms with Crippen molar-refractivity contribution in [3.63, 3.8) is 0 Å². The van der Waals surface area contributed by atoms with Crippen LogP contribution >= 0.6 is 23.2 Å². The van der Waals surface area contributed by atoms with E-state index in [-0.39, 0.29) is 5.41 Å². The summed E-state index contributed by atoms with van der Waals surface area (Å²) in [6, 6.07) is 0. The Labute approximate surface area is 84.6 Å². The van der Waals surface area contributed by atoms with E-state index >= 15 is 0 Å². The second-order valence-electron chi connectivity index (χ2n) is 4.76. The largest absolute Gasteiger partial charge is 0.126 e. The number of halogens is 2. The third kappa shape index (κ3) is 0.861. The van der Waals surface area contributed by atoms with Gasteiger partial charge in [0.15, 0.2) is 0 Å². The van der Waals surface area contributed by atoms with Gasteiger partial charge in [-0.1, -0.05) is 6.92 Å². The second-order valence-corrected chi connectivity index (χ2v) is 5.29. The highest BCUT2D eigenvalue weighted by molar-refractivity contribution is 6.21. The summed E-state index contributed by atoms with van der Waals surface area (Å²) in [5, 5.41) is 0. The lowest BCUT2D eigenvalue weighted by Gasteiger charge is -2.38. The maximum absolute atomic E-state index is 6.10. The van der Waals surface area contributed by atoms with Gasteiger partial charge in [0.1, 0.15) is 0 Å².